The molecule has 0 aliphatic carbocycles. The highest BCUT2D eigenvalue weighted by atomic mass is 16.5. The van der Waals surface area contributed by atoms with Crippen molar-refractivity contribution in [1.29, 1.82) is 0 Å². The lowest BCUT2D eigenvalue weighted by Gasteiger charge is -2.25. The fraction of sp³-hybridized carbons (Fsp3) is 0.353. The molecule has 0 bridgehead atoms. The largest absolute Gasteiger partial charge is 0.497 e. The third-order valence-corrected chi connectivity index (χ3v) is 3.74. The van der Waals surface area contributed by atoms with Gasteiger partial charge in [0.25, 0.3) is 0 Å². The SMILES string of the molecule is CNC(c1ccc(OC)cc1OC)C(C)c1ccccn1. The number of ether oxygens (including phenoxy) is 2. The predicted octanol–water partition coefficient (Wildman–Crippen LogP) is 3.16. The molecule has 2 atom stereocenters. The average Bonchev–Trinajstić information content (AvgIpc) is 2.56. The second kappa shape index (κ2) is 7.09. The molecule has 0 saturated heterocycles. The van der Waals surface area contributed by atoms with Gasteiger partial charge < -0.3 is 14.8 Å². The maximum atomic E-state index is 5.52. The van der Waals surface area contributed by atoms with Crippen LogP contribution in [0.4, 0.5) is 0 Å². The van der Waals surface area contributed by atoms with E-state index in [9.17, 15) is 0 Å². The molecule has 4 nitrogen and oxygen atoms in total. The van der Waals surface area contributed by atoms with Gasteiger partial charge >= 0.3 is 0 Å². The van der Waals surface area contributed by atoms with Gasteiger partial charge in [-0.05, 0) is 25.2 Å². The molecule has 0 aliphatic heterocycles. The third-order valence-electron chi connectivity index (χ3n) is 3.74. The number of nitrogens with zero attached hydrogens (tertiary/aromatic N) is 1. The Morgan fingerprint density at radius 2 is 1.90 bits per heavy atom. The topological polar surface area (TPSA) is 43.4 Å². The lowest BCUT2D eigenvalue weighted by Crippen LogP contribution is -2.23. The predicted molar refractivity (Wildman–Crippen MR) is 84.0 cm³/mol. The summed E-state index contributed by atoms with van der Waals surface area (Å²) in [6.07, 6.45) is 1.82. The molecule has 0 saturated carbocycles. The maximum absolute atomic E-state index is 5.52. The molecule has 2 rings (SSSR count). The number of nitrogens with one attached hydrogen (secondary N) is 1. The summed E-state index contributed by atoms with van der Waals surface area (Å²) in [5.41, 5.74) is 2.15. The highest BCUT2D eigenvalue weighted by Crippen LogP contribution is 2.36. The van der Waals surface area contributed by atoms with Crippen molar-refractivity contribution in [2.75, 3.05) is 21.3 Å². The Morgan fingerprint density at radius 3 is 2.48 bits per heavy atom. The van der Waals surface area contributed by atoms with E-state index in [1.165, 1.54) is 0 Å². The van der Waals surface area contributed by atoms with E-state index in [-0.39, 0.29) is 12.0 Å². The molecule has 1 aromatic heterocycles. The van der Waals surface area contributed by atoms with Gasteiger partial charge in [-0.15, -0.1) is 0 Å². The molecule has 0 aliphatic rings. The van der Waals surface area contributed by atoms with Crippen LogP contribution in [0, 0.1) is 0 Å². The molecule has 1 aromatic carbocycles. The normalized spacial score (nSPS) is 13.5. The molecule has 112 valence electrons. The summed E-state index contributed by atoms with van der Waals surface area (Å²) in [6, 6.07) is 12.0. The van der Waals surface area contributed by atoms with Crippen molar-refractivity contribution in [3.05, 3.63) is 53.9 Å². The summed E-state index contributed by atoms with van der Waals surface area (Å²) in [6.45, 7) is 2.16. The Kier molecular flexibility index (Phi) is 5.17. The van der Waals surface area contributed by atoms with E-state index in [1.807, 2.05) is 49.6 Å². The second-order valence-corrected chi connectivity index (χ2v) is 4.92. The van der Waals surface area contributed by atoms with Gasteiger partial charge in [0.05, 0.1) is 14.2 Å². The summed E-state index contributed by atoms with van der Waals surface area (Å²) in [4.78, 5) is 4.46. The van der Waals surface area contributed by atoms with Crippen LogP contribution >= 0.6 is 0 Å². The van der Waals surface area contributed by atoms with Gasteiger partial charge in [-0.2, -0.15) is 0 Å². The van der Waals surface area contributed by atoms with Crippen molar-refractivity contribution in [3.63, 3.8) is 0 Å². The van der Waals surface area contributed by atoms with Crippen molar-refractivity contribution in [2.24, 2.45) is 0 Å². The zero-order chi connectivity index (χ0) is 15.2. The van der Waals surface area contributed by atoms with Gasteiger partial charge in [-0.3, -0.25) is 4.98 Å². The van der Waals surface area contributed by atoms with E-state index in [2.05, 4.69) is 17.2 Å². The molecule has 0 fully saturated rings. The molecule has 1 N–H and O–H groups in total. The van der Waals surface area contributed by atoms with Gasteiger partial charge in [0.15, 0.2) is 0 Å². The molecular formula is C17H22N2O2. The molecule has 2 aromatic rings. The zero-order valence-electron chi connectivity index (χ0n) is 13.0. The van der Waals surface area contributed by atoms with Crippen LogP contribution in [0.1, 0.15) is 30.1 Å². The van der Waals surface area contributed by atoms with Crippen LogP contribution in [-0.4, -0.2) is 26.3 Å². The van der Waals surface area contributed by atoms with E-state index in [4.69, 9.17) is 9.47 Å². The zero-order valence-corrected chi connectivity index (χ0v) is 13.0. The average molecular weight is 286 g/mol. The van der Waals surface area contributed by atoms with E-state index in [0.717, 1.165) is 22.8 Å². The van der Waals surface area contributed by atoms with Crippen LogP contribution in [0.2, 0.25) is 0 Å². The van der Waals surface area contributed by atoms with Gasteiger partial charge in [-0.25, -0.2) is 0 Å². The first-order chi connectivity index (χ1) is 10.2. The van der Waals surface area contributed by atoms with Gasteiger partial charge in [0.2, 0.25) is 0 Å². The molecule has 4 heteroatoms. The van der Waals surface area contributed by atoms with E-state index < -0.39 is 0 Å². The van der Waals surface area contributed by atoms with Crippen LogP contribution in [-0.2, 0) is 0 Å². The van der Waals surface area contributed by atoms with Crippen molar-refractivity contribution in [2.45, 2.75) is 18.9 Å². The Labute approximate surface area is 126 Å². The molecule has 21 heavy (non-hydrogen) atoms. The van der Waals surface area contributed by atoms with Crippen molar-refractivity contribution in [1.82, 2.24) is 10.3 Å². The quantitative estimate of drug-likeness (QED) is 0.886. The first-order valence-electron chi connectivity index (χ1n) is 7.01. The lowest BCUT2D eigenvalue weighted by molar-refractivity contribution is 0.380. The van der Waals surface area contributed by atoms with Crippen molar-refractivity contribution < 1.29 is 9.47 Å². The summed E-state index contributed by atoms with van der Waals surface area (Å²) < 4.78 is 10.8. The van der Waals surface area contributed by atoms with E-state index in [0.29, 0.717) is 0 Å². The highest BCUT2D eigenvalue weighted by molar-refractivity contribution is 5.43. The maximum Gasteiger partial charge on any atom is 0.127 e. The Morgan fingerprint density at radius 1 is 1.10 bits per heavy atom. The number of hydrogen-bond donors (Lipinski definition) is 1. The fourth-order valence-corrected chi connectivity index (χ4v) is 2.57. The summed E-state index contributed by atoms with van der Waals surface area (Å²) in [5, 5.41) is 3.37. The van der Waals surface area contributed by atoms with Crippen molar-refractivity contribution >= 4 is 0 Å². The Hall–Kier alpha value is -2.07. The number of benzene rings is 1. The number of pyridine rings is 1. The molecule has 0 radical (unpaired) electrons. The smallest absolute Gasteiger partial charge is 0.127 e. The minimum Gasteiger partial charge on any atom is -0.497 e. The highest BCUT2D eigenvalue weighted by Gasteiger charge is 2.23. The molecule has 0 spiro atoms. The minimum absolute atomic E-state index is 0.112. The number of likely N-dealkylation sites (N-methyl/N-ethyl adjacent to an activating group) is 1. The van der Waals surface area contributed by atoms with Crippen LogP contribution in [0.5, 0.6) is 11.5 Å². The molecule has 0 amide bonds. The lowest BCUT2D eigenvalue weighted by atomic mass is 9.91. The van der Waals surface area contributed by atoms with Gasteiger partial charge in [0, 0.05) is 35.5 Å². The number of aromatic nitrogens is 1. The van der Waals surface area contributed by atoms with Crippen molar-refractivity contribution in [3.8, 4) is 11.5 Å². The summed E-state index contributed by atoms with van der Waals surface area (Å²) in [7, 11) is 5.28. The minimum atomic E-state index is 0.112. The Bertz CT molecular complexity index is 572. The second-order valence-electron chi connectivity index (χ2n) is 4.92. The van der Waals surface area contributed by atoms with Crippen LogP contribution < -0.4 is 14.8 Å². The summed E-state index contributed by atoms with van der Waals surface area (Å²) in [5.74, 6) is 1.82. The molecule has 2 unspecified atom stereocenters. The number of methoxy groups -OCH3 is 2. The van der Waals surface area contributed by atoms with E-state index in [1.54, 1.807) is 14.2 Å². The first kappa shape index (κ1) is 15.3. The monoisotopic (exact) mass is 286 g/mol. The standard InChI is InChI=1S/C17H22N2O2/c1-12(15-7-5-6-10-19-15)17(18-2)14-9-8-13(20-3)11-16(14)21-4/h5-12,17-18H,1-4H3. The first-order valence-corrected chi connectivity index (χ1v) is 7.01. The van der Waals surface area contributed by atoms with Gasteiger partial charge in [0.1, 0.15) is 11.5 Å². The van der Waals surface area contributed by atoms with Crippen LogP contribution in [0.15, 0.2) is 42.6 Å². The number of rotatable bonds is 6. The molecular weight excluding hydrogens is 264 g/mol. The number of hydrogen-bond acceptors (Lipinski definition) is 4. The van der Waals surface area contributed by atoms with Crippen LogP contribution in [0.3, 0.4) is 0 Å². The van der Waals surface area contributed by atoms with Crippen LogP contribution in [0.25, 0.3) is 0 Å². The Balaban J connectivity index is 2.37. The summed E-state index contributed by atoms with van der Waals surface area (Å²) >= 11 is 0. The van der Waals surface area contributed by atoms with E-state index >= 15 is 0 Å². The van der Waals surface area contributed by atoms with Gasteiger partial charge in [-0.1, -0.05) is 19.1 Å². The molecule has 1 heterocycles. The fourth-order valence-electron chi connectivity index (χ4n) is 2.57. The third kappa shape index (κ3) is 3.34.